The summed E-state index contributed by atoms with van der Waals surface area (Å²) in [6.07, 6.45) is 3.89. The molecule has 0 radical (unpaired) electrons. The Balaban J connectivity index is 2.28. The van der Waals surface area contributed by atoms with Crippen LogP contribution in [0.1, 0.15) is 33.1 Å². The summed E-state index contributed by atoms with van der Waals surface area (Å²) in [5, 5.41) is 4.22. The number of thioether (sulfide) groups is 1. The van der Waals surface area contributed by atoms with Crippen LogP contribution in [0.4, 0.5) is 0 Å². The fraction of sp³-hybridized carbons (Fsp3) is 0.600. The summed E-state index contributed by atoms with van der Waals surface area (Å²) in [7, 11) is 2.06. The van der Waals surface area contributed by atoms with E-state index in [-0.39, 0.29) is 0 Å². The Kier molecular flexibility index (Phi) is 7.80. The highest BCUT2D eigenvalue weighted by atomic mass is 35.5. The highest BCUT2D eigenvalue weighted by Crippen LogP contribution is 2.22. The van der Waals surface area contributed by atoms with Crippen molar-refractivity contribution in [2.45, 2.75) is 44.0 Å². The van der Waals surface area contributed by atoms with Crippen molar-refractivity contribution in [1.29, 1.82) is 0 Å². The van der Waals surface area contributed by atoms with E-state index in [2.05, 4.69) is 38.3 Å². The minimum Gasteiger partial charge on any atom is -0.316 e. The minimum atomic E-state index is 0.601. The lowest BCUT2D eigenvalue weighted by Crippen LogP contribution is -2.27. The van der Waals surface area contributed by atoms with E-state index in [0.717, 1.165) is 16.7 Å². The first-order valence-corrected chi connectivity index (χ1v) is 8.03. The molecule has 1 aromatic rings. The molecule has 18 heavy (non-hydrogen) atoms. The second-order valence-electron chi connectivity index (χ2n) is 5.08. The Morgan fingerprint density at radius 3 is 2.39 bits per heavy atom. The average molecular weight is 286 g/mol. The van der Waals surface area contributed by atoms with Crippen LogP contribution in [0, 0.1) is 5.92 Å². The van der Waals surface area contributed by atoms with Gasteiger partial charge in [-0.05, 0) is 43.7 Å². The van der Waals surface area contributed by atoms with E-state index in [4.69, 9.17) is 11.6 Å². The van der Waals surface area contributed by atoms with Crippen LogP contribution < -0.4 is 5.32 Å². The van der Waals surface area contributed by atoms with Gasteiger partial charge in [0.05, 0.1) is 0 Å². The van der Waals surface area contributed by atoms with E-state index < -0.39 is 0 Å². The topological polar surface area (TPSA) is 12.0 Å². The van der Waals surface area contributed by atoms with Crippen molar-refractivity contribution in [2.24, 2.45) is 5.92 Å². The molecule has 102 valence electrons. The summed E-state index contributed by atoms with van der Waals surface area (Å²) in [6, 6.07) is 8.69. The first-order chi connectivity index (χ1) is 8.61. The molecule has 0 fully saturated rings. The highest BCUT2D eigenvalue weighted by Gasteiger charge is 2.07. The first kappa shape index (κ1) is 15.9. The predicted octanol–water partition coefficient (Wildman–Crippen LogP) is 4.85. The van der Waals surface area contributed by atoms with E-state index in [0.29, 0.717) is 6.04 Å². The molecule has 1 unspecified atom stereocenters. The normalized spacial score (nSPS) is 12.9. The number of hydrogen-bond acceptors (Lipinski definition) is 2. The molecule has 1 rings (SSSR count). The molecule has 0 aliphatic heterocycles. The summed E-state index contributed by atoms with van der Waals surface area (Å²) in [4.78, 5) is 1.29. The maximum Gasteiger partial charge on any atom is 0.0406 e. The summed E-state index contributed by atoms with van der Waals surface area (Å²) in [6.45, 7) is 4.58. The van der Waals surface area contributed by atoms with Crippen molar-refractivity contribution in [2.75, 3.05) is 12.8 Å². The molecular weight excluding hydrogens is 262 g/mol. The van der Waals surface area contributed by atoms with Crippen LogP contribution >= 0.6 is 23.4 Å². The van der Waals surface area contributed by atoms with Gasteiger partial charge in [0, 0.05) is 21.7 Å². The van der Waals surface area contributed by atoms with E-state index in [1.807, 2.05) is 23.9 Å². The summed E-state index contributed by atoms with van der Waals surface area (Å²) in [5.41, 5.74) is 0. The van der Waals surface area contributed by atoms with Gasteiger partial charge in [0.15, 0.2) is 0 Å². The smallest absolute Gasteiger partial charge is 0.0406 e. The Bertz CT molecular complexity index is 324. The largest absolute Gasteiger partial charge is 0.316 e. The molecule has 1 aromatic carbocycles. The molecular formula is C15H24ClNS. The Morgan fingerprint density at radius 2 is 1.83 bits per heavy atom. The molecule has 0 spiro atoms. The Hall–Kier alpha value is -0.180. The van der Waals surface area contributed by atoms with Crippen molar-refractivity contribution in [1.82, 2.24) is 5.32 Å². The van der Waals surface area contributed by atoms with Gasteiger partial charge in [-0.2, -0.15) is 0 Å². The third-order valence-electron chi connectivity index (χ3n) is 3.01. The average Bonchev–Trinajstić information content (AvgIpc) is 2.35. The number of benzene rings is 1. The van der Waals surface area contributed by atoms with E-state index in [9.17, 15) is 0 Å². The molecule has 3 heteroatoms. The lowest BCUT2D eigenvalue weighted by Gasteiger charge is -2.16. The van der Waals surface area contributed by atoms with Gasteiger partial charge >= 0.3 is 0 Å². The second kappa shape index (κ2) is 8.84. The molecule has 0 bridgehead atoms. The molecule has 0 saturated carbocycles. The minimum absolute atomic E-state index is 0.601. The van der Waals surface area contributed by atoms with Crippen molar-refractivity contribution >= 4 is 23.4 Å². The van der Waals surface area contributed by atoms with Gasteiger partial charge in [0.25, 0.3) is 0 Å². The van der Waals surface area contributed by atoms with Gasteiger partial charge in [-0.25, -0.2) is 0 Å². The van der Waals surface area contributed by atoms with Crippen LogP contribution in [0.25, 0.3) is 0 Å². The SMILES string of the molecule is CNC(CCCC(C)C)CSc1ccc(Cl)cc1. The van der Waals surface area contributed by atoms with E-state index in [1.165, 1.54) is 24.2 Å². The number of nitrogens with one attached hydrogen (secondary N) is 1. The zero-order chi connectivity index (χ0) is 13.4. The molecule has 1 atom stereocenters. The van der Waals surface area contributed by atoms with Crippen LogP contribution in [0.2, 0.25) is 5.02 Å². The van der Waals surface area contributed by atoms with Gasteiger partial charge in [-0.3, -0.25) is 0 Å². The third-order valence-corrected chi connectivity index (χ3v) is 4.43. The van der Waals surface area contributed by atoms with Crippen molar-refractivity contribution in [3.63, 3.8) is 0 Å². The van der Waals surface area contributed by atoms with Crippen LogP contribution in [0.5, 0.6) is 0 Å². The van der Waals surface area contributed by atoms with E-state index in [1.54, 1.807) is 0 Å². The molecule has 0 aliphatic carbocycles. The monoisotopic (exact) mass is 285 g/mol. The van der Waals surface area contributed by atoms with Gasteiger partial charge < -0.3 is 5.32 Å². The van der Waals surface area contributed by atoms with Crippen molar-refractivity contribution in [3.05, 3.63) is 29.3 Å². The van der Waals surface area contributed by atoms with Gasteiger partial charge in [0.2, 0.25) is 0 Å². The first-order valence-electron chi connectivity index (χ1n) is 6.67. The van der Waals surface area contributed by atoms with Crippen LogP contribution in [-0.2, 0) is 0 Å². The number of rotatable bonds is 8. The van der Waals surface area contributed by atoms with Gasteiger partial charge in [0.1, 0.15) is 0 Å². The molecule has 0 aromatic heterocycles. The molecule has 0 heterocycles. The van der Waals surface area contributed by atoms with Crippen LogP contribution in [0.15, 0.2) is 29.2 Å². The van der Waals surface area contributed by atoms with Gasteiger partial charge in [-0.15, -0.1) is 11.8 Å². The van der Waals surface area contributed by atoms with Crippen molar-refractivity contribution in [3.8, 4) is 0 Å². The molecule has 1 N–H and O–H groups in total. The predicted molar refractivity (Wildman–Crippen MR) is 83.7 cm³/mol. The highest BCUT2D eigenvalue weighted by molar-refractivity contribution is 7.99. The molecule has 0 amide bonds. The van der Waals surface area contributed by atoms with Crippen molar-refractivity contribution < 1.29 is 0 Å². The lowest BCUT2D eigenvalue weighted by atomic mass is 10.0. The molecule has 1 nitrogen and oxygen atoms in total. The second-order valence-corrected chi connectivity index (χ2v) is 6.61. The quantitative estimate of drug-likeness (QED) is 0.686. The fourth-order valence-corrected chi connectivity index (χ4v) is 2.99. The zero-order valence-electron chi connectivity index (χ0n) is 11.6. The van der Waals surface area contributed by atoms with E-state index >= 15 is 0 Å². The Labute approximate surface area is 121 Å². The van der Waals surface area contributed by atoms with Gasteiger partial charge in [-0.1, -0.05) is 38.3 Å². The third kappa shape index (κ3) is 6.67. The summed E-state index contributed by atoms with van der Waals surface area (Å²) < 4.78 is 0. The lowest BCUT2D eigenvalue weighted by molar-refractivity contribution is 0.483. The Morgan fingerprint density at radius 1 is 1.17 bits per heavy atom. The zero-order valence-corrected chi connectivity index (χ0v) is 13.2. The van der Waals surface area contributed by atoms with Crippen LogP contribution in [0.3, 0.4) is 0 Å². The summed E-state index contributed by atoms with van der Waals surface area (Å²) in [5.74, 6) is 1.93. The molecule has 0 aliphatic rings. The number of hydrogen-bond donors (Lipinski definition) is 1. The molecule has 0 saturated heterocycles. The van der Waals surface area contributed by atoms with Crippen LogP contribution in [-0.4, -0.2) is 18.8 Å². The fourth-order valence-electron chi connectivity index (χ4n) is 1.81. The summed E-state index contributed by atoms with van der Waals surface area (Å²) >= 11 is 7.78. The maximum absolute atomic E-state index is 5.88. The standard InChI is InChI=1S/C15H24ClNS/c1-12(2)5-4-6-14(17-3)11-18-15-9-7-13(16)8-10-15/h7-10,12,14,17H,4-6,11H2,1-3H3. The maximum atomic E-state index is 5.88. The number of halogens is 1.